The normalized spacial score (nSPS) is 25.5. The topological polar surface area (TPSA) is 86.5 Å². The van der Waals surface area contributed by atoms with Gasteiger partial charge in [0.25, 0.3) is 5.89 Å². The highest BCUT2D eigenvalue weighted by Crippen LogP contribution is 2.54. The fourth-order valence-corrected chi connectivity index (χ4v) is 3.95. The minimum absolute atomic E-state index is 0.00725. The number of carbonyl (C=O) groups excluding carboxylic acids is 1. The van der Waals surface area contributed by atoms with E-state index >= 15 is 0 Å². The number of aromatic nitrogens is 2. The molecular weight excluding hydrogens is 298 g/mol. The van der Waals surface area contributed by atoms with Crippen LogP contribution in [-0.4, -0.2) is 41.4 Å². The lowest BCUT2D eigenvalue weighted by Gasteiger charge is -2.54. The van der Waals surface area contributed by atoms with Crippen molar-refractivity contribution in [3.8, 4) is 0 Å². The van der Waals surface area contributed by atoms with Crippen molar-refractivity contribution in [1.29, 1.82) is 0 Å². The van der Waals surface area contributed by atoms with Gasteiger partial charge in [-0.3, -0.25) is 4.79 Å². The Morgan fingerprint density at radius 2 is 2.22 bits per heavy atom. The van der Waals surface area contributed by atoms with Crippen molar-refractivity contribution in [1.82, 2.24) is 15.5 Å². The fourth-order valence-electron chi connectivity index (χ4n) is 3.95. The molecule has 2 fully saturated rings. The highest BCUT2D eigenvalue weighted by Gasteiger charge is 2.57. The van der Waals surface area contributed by atoms with Gasteiger partial charge in [-0.2, -0.15) is 4.98 Å². The predicted octanol–water partition coefficient (Wildman–Crippen LogP) is 1.75. The van der Waals surface area contributed by atoms with Crippen LogP contribution in [0.5, 0.6) is 0 Å². The van der Waals surface area contributed by atoms with E-state index in [4.69, 9.17) is 14.0 Å². The van der Waals surface area contributed by atoms with Gasteiger partial charge in [0, 0.05) is 18.1 Å². The molecule has 1 heterocycles. The van der Waals surface area contributed by atoms with Gasteiger partial charge in [-0.15, -0.1) is 0 Å². The van der Waals surface area contributed by atoms with Crippen molar-refractivity contribution >= 4 is 5.91 Å². The van der Waals surface area contributed by atoms with Gasteiger partial charge < -0.3 is 19.3 Å². The zero-order chi connectivity index (χ0) is 16.3. The summed E-state index contributed by atoms with van der Waals surface area (Å²) in [7, 11) is 0. The van der Waals surface area contributed by atoms with E-state index in [2.05, 4.69) is 15.5 Å². The zero-order valence-electron chi connectivity index (χ0n) is 13.8. The zero-order valence-corrected chi connectivity index (χ0v) is 13.8. The maximum absolute atomic E-state index is 12.1. The maximum Gasteiger partial charge on any atom is 0.252 e. The van der Waals surface area contributed by atoms with Crippen LogP contribution >= 0.6 is 0 Å². The molecule has 1 spiro atoms. The predicted molar refractivity (Wildman–Crippen MR) is 81.6 cm³/mol. The number of carbonyl (C=O) groups is 1. The molecule has 0 radical (unpaired) electrons. The Balaban J connectivity index is 1.44. The van der Waals surface area contributed by atoms with Gasteiger partial charge in [0.2, 0.25) is 5.91 Å². The third kappa shape index (κ3) is 3.40. The van der Waals surface area contributed by atoms with E-state index in [9.17, 15) is 4.79 Å². The number of hydrogen-bond acceptors (Lipinski definition) is 6. The van der Waals surface area contributed by atoms with Gasteiger partial charge in [0.15, 0.2) is 5.82 Å². The second kappa shape index (κ2) is 6.97. The SMILES string of the molecule is CCOC1CC(NC(=O)COCc2nc(C)no2)C12CCCC2. The van der Waals surface area contributed by atoms with E-state index in [1.54, 1.807) is 6.92 Å². The molecule has 0 aliphatic heterocycles. The highest BCUT2D eigenvalue weighted by molar-refractivity contribution is 5.77. The summed E-state index contributed by atoms with van der Waals surface area (Å²) in [6, 6.07) is 0.211. The molecule has 2 aliphatic rings. The number of amides is 1. The molecule has 7 heteroatoms. The quantitative estimate of drug-likeness (QED) is 0.822. The summed E-state index contributed by atoms with van der Waals surface area (Å²) in [5.74, 6) is 0.864. The minimum Gasteiger partial charge on any atom is -0.378 e. The van der Waals surface area contributed by atoms with Crippen molar-refractivity contribution in [2.24, 2.45) is 5.41 Å². The smallest absolute Gasteiger partial charge is 0.252 e. The van der Waals surface area contributed by atoms with Crippen LogP contribution in [0.25, 0.3) is 0 Å². The van der Waals surface area contributed by atoms with Crippen molar-refractivity contribution in [2.45, 2.75) is 64.7 Å². The maximum atomic E-state index is 12.1. The van der Waals surface area contributed by atoms with Gasteiger partial charge >= 0.3 is 0 Å². The van der Waals surface area contributed by atoms with E-state index in [0.717, 1.165) is 25.9 Å². The van der Waals surface area contributed by atoms with E-state index in [1.807, 2.05) is 6.92 Å². The lowest BCUT2D eigenvalue weighted by molar-refractivity contribution is -0.147. The number of nitrogens with one attached hydrogen (secondary N) is 1. The van der Waals surface area contributed by atoms with Crippen LogP contribution in [0, 0.1) is 12.3 Å². The molecule has 1 aromatic rings. The van der Waals surface area contributed by atoms with Crippen LogP contribution in [0.1, 0.15) is 50.7 Å². The molecule has 23 heavy (non-hydrogen) atoms. The second-order valence-corrected chi connectivity index (χ2v) is 6.47. The van der Waals surface area contributed by atoms with Crippen molar-refractivity contribution in [2.75, 3.05) is 13.2 Å². The Labute approximate surface area is 136 Å². The monoisotopic (exact) mass is 323 g/mol. The molecule has 0 aromatic carbocycles. The lowest BCUT2D eigenvalue weighted by atomic mass is 9.60. The molecule has 2 unspecified atom stereocenters. The molecular formula is C16H25N3O4. The first-order chi connectivity index (χ1) is 11.1. The number of aryl methyl sites for hydroxylation is 1. The standard InChI is InChI=1S/C16H25N3O4/c1-3-22-13-8-12(16(13)6-4-5-7-16)18-14(20)9-21-10-15-17-11(2)19-23-15/h12-13H,3-10H2,1-2H3,(H,18,20). The molecule has 0 bridgehead atoms. The number of nitrogens with zero attached hydrogens (tertiary/aromatic N) is 2. The third-order valence-electron chi connectivity index (χ3n) is 5.05. The molecule has 2 atom stereocenters. The molecule has 2 aliphatic carbocycles. The van der Waals surface area contributed by atoms with E-state index < -0.39 is 0 Å². The first kappa shape index (κ1) is 16.4. The molecule has 3 rings (SSSR count). The highest BCUT2D eigenvalue weighted by atomic mass is 16.5. The lowest BCUT2D eigenvalue weighted by Crippen LogP contribution is -2.64. The summed E-state index contributed by atoms with van der Waals surface area (Å²) < 4.78 is 16.2. The van der Waals surface area contributed by atoms with E-state index in [0.29, 0.717) is 17.8 Å². The van der Waals surface area contributed by atoms with Crippen LogP contribution < -0.4 is 5.32 Å². The van der Waals surface area contributed by atoms with Gasteiger partial charge in [0.1, 0.15) is 13.2 Å². The first-order valence-electron chi connectivity index (χ1n) is 8.42. The molecule has 2 saturated carbocycles. The molecule has 1 N–H and O–H groups in total. The van der Waals surface area contributed by atoms with Crippen molar-refractivity contribution in [3.63, 3.8) is 0 Å². The largest absolute Gasteiger partial charge is 0.378 e. The van der Waals surface area contributed by atoms with Gasteiger partial charge in [-0.1, -0.05) is 18.0 Å². The average molecular weight is 323 g/mol. The minimum atomic E-state index is -0.0903. The van der Waals surface area contributed by atoms with Crippen molar-refractivity contribution in [3.05, 3.63) is 11.7 Å². The fraction of sp³-hybridized carbons (Fsp3) is 0.812. The summed E-state index contributed by atoms with van der Waals surface area (Å²) in [5, 5.41) is 6.80. The summed E-state index contributed by atoms with van der Waals surface area (Å²) in [4.78, 5) is 16.1. The summed E-state index contributed by atoms with van der Waals surface area (Å²) in [6.45, 7) is 4.67. The number of rotatable bonds is 7. The Hall–Kier alpha value is -1.47. The van der Waals surface area contributed by atoms with Crippen LogP contribution in [0.2, 0.25) is 0 Å². The van der Waals surface area contributed by atoms with Gasteiger partial charge in [-0.05, 0) is 33.1 Å². The van der Waals surface area contributed by atoms with Crippen LogP contribution in [-0.2, 0) is 20.9 Å². The van der Waals surface area contributed by atoms with Crippen molar-refractivity contribution < 1.29 is 18.8 Å². The number of hydrogen-bond donors (Lipinski definition) is 1. The molecule has 7 nitrogen and oxygen atoms in total. The van der Waals surface area contributed by atoms with Gasteiger partial charge in [0.05, 0.1) is 6.10 Å². The third-order valence-corrected chi connectivity index (χ3v) is 5.05. The second-order valence-electron chi connectivity index (χ2n) is 6.47. The molecule has 1 amide bonds. The molecule has 0 saturated heterocycles. The first-order valence-corrected chi connectivity index (χ1v) is 8.42. The van der Waals surface area contributed by atoms with E-state index in [1.165, 1.54) is 12.8 Å². The number of ether oxygens (including phenoxy) is 2. The summed E-state index contributed by atoms with van der Waals surface area (Å²) in [5.41, 5.74) is 0.148. The summed E-state index contributed by atoms with van der Waals surface area (Å²) >= 11 is 0. The van der Waals surface area contributed by atoms with E-state index in [-0.39, 0.29) is 30.6 Å². The molecule has 128 valence electrons. The Morgan fingerprint density at radius 1 is 1.43 bits per heavy atom. The Morgan fingerprint density at radius 3 is 2.87 bits per heavy atom. The summed E-state index contributed by atoms with van der Waals surface area (Å²) in [6.07, 6.45) is 5.94. The Kier molecular flexibility index (Phi) is 4.96. The Bertz CT molecular complexity index is 539. The van der Waals surface area contributed by atoms with Gasteiger partial charge in [-0.25, -0.2) is 0 Å². The molecule has 1 aromatic heterocycles. The van der Waals surface area contributed by atoms with Crippen LogP contribution in [0.15, 0.2) is 4.52 Å². The average Bonchev–Trinajstić information content (AvgIpc) is 3.17. The van der Waals surface area contributed by atoms with Crippen LogP contribution in [0.4, 0.5) is 0 Å². The van der Waals surface area contributed by atoms with Crippen LogP contribution in [0.3, 0.4) is 0 Å².